The van der Waals surface area contributed by atoms with E-state index in [9.17, 15) is 13.2 Å². The molecule has 3 nitrogen and oxygen atoms in total. The molecule has 0 saturated carbocycles. The minimum atomic E-state index is -4.51. The highest BCUT2D eigenvalue weighted by Gasteiger charge is 2.37. The van der Waals surface area contributed by atoms with E-state index >= 15 is 0 Å². The van der Waals surface area contributed by atoms with E-state index in [1.54, 1.807) is 24.3 Å². The van der Waals surface area contributed by atoms with E-state index in [0.717, 1.165) is 18.6 Å². The van der Waals surface area contributed by atoms with Crippen molar-refractivity contribution in [2.45, 2.75) is 31.7 Å². The summed E-state index contributed by atoms with van der Waals surface area (Å²) in [5.74, 6) is 1.03. The molecule has 2 heterocycles. The van der Waals surface area contributed by atoms with E-state index in [4.69, 9.17) is 4.74 Å². The predicted molar refractivity (Wildman–Crippen MR) is 99.7 cm³/mol. The van der Waals surface area contributed by atoms with Crippen molar-refractivity contribution in [2.75, 3.05) is 12.9 Å². The molecular formula is C19H19F3N2OS. The summed E-state index contributed by atoms with van der Waals surface area (Å²) in [4.78, 5) is 8.64. The summed E-state index contributed by atoms with van der Waals surface area (Å²) >= 11 is 1.49. The summed E-state index contributed by atoms with van der Waals surface area (Å²) < 4.78 is 47.1. The molecule has 0 bridgehead atoms. The maximum Gasteiger partial charge on any atom is 0.417 e. The first kappa shape index (κ1) is 18.8. The Morgan fingerprint density at radius 2 is 1.96 bits per heavy atom. The van der Waals surface area contributed by atoms with Crippen molar-refractivity contribution in [2.24, 2.45) is 0 Å². The summed E-state index contributed by atoms with van der Waals surface area (Å²) in [5.41, 5.74) is 0.299. The molecule has 1 aromatic carbocycles. The number of hydrogen-bond acceptors (Lipinski definition) is 4. The number of unbranched alkanes of at least 4 members (excludes halogenated alkanes) is 1. The SMILES string of the molecule is CCCCSCc1cnc2c(c(OC)nc3ccccc32)c1C(F)(F)F. The smallest absolute Gasteiger partial charge is 0.417 e. The first-order chi connectivity index (χ1) is 12.5. The third-order valence-electron chi connectivity index (χ3n) is 4.13. The zero-order valence-electron chi connectivity index (χ0n) is 14.6. The fourth-order valence-electron chi connectivity index (χ4n) is 2.91. The van der Waals surface area contributed by atoms with Gasteiger partial charge in [-0.1, -0.05) is 31.5 Å². The molecule has 0 spiro atoms. The average molecular weight is 380 g/mol. The average Bonchev–Trinajstić information content (AvgIpc) is 2.63. The third kappa shape index (κ3) is 3.58. The highest BCUT2D eigenvalue weighted by molar-refractivity contribution is 7.98. The topological polar surface area (TPSA) is 35.0 Å². The van der Waals surface area contributed by atoms with E-state index in [2.05, 4.69) is 16.9 Å². The highest BCUT2D eigenvalue weighted by atomic mass is 32.2. The van der Waals surface area contributed by atoms with Crippen LogP contribution in [-0.2, 0) is 11.9 Å². The van der Waals surface area contributed by atoms with E-state index in [-0.39, 0.29) is 28.1 Å². The molecule has 0 unspecified atom stereocenters. The van der Waals surface area contributed by atoms with Gasteiger partial charge in [0.1, 0.15) is 0 Å². The van der Waals surface area contributed by atoms with Gasteiger partial charge in [-0.05, 0) is 23.8 Å². The Kier molecular flexibility index (Phi) is 5.55. The molecule has 0 fully saturated rings. The maximum atomic E-state index is 13.9. The molecule has 3 aromatic rings. The number of para-hydroxylation sites is 1. The summed E-state index contributed by atoms with van der Waals surface area (Å²) in [6, 6.07) is 7.01. The second-order valence-corrected chi connectivity index (χ2v) is 7.03. The molecule has 26 heavy (non-hydrogen) atoms. The molecule has 0 radical (unpaired) electrons. The molecule has 0 N–H and O–H groups in total. The highest BCUT2D eigenvalue weighted by Crippen LogP contribution is 2.42. The number of rotatable bonds is 6. The second-order valence-electron chi connectivity index (χ2n) is 5.92. The number of thioether (sulfide) groups is 1. The van der Waals surface area contributed by atoms with Gasteiger partial charge in [0, 0.05) is 17.3 Å². The largest absolute Gasteiger partial charge is 0.480 e. The van der Waals surface area contributed by atoms with Gasteiger partial charge >= 0.3 is 6.18 Å². The number of halogens is 3. The van der Waals surface area contributed by atoms with Crippen molar-refractivity contribution in [1.82, 2.24) is 9.97 Å². The van der Waals surface area contributed by atoms with Crippen LogP contribution in [-0.4, -0.2) is 22.8 Å². The maximum absolute atomic E-state index is 13.9. The van der Waals surface area contributed by atoms with Gasteiger partial charge in [0.05, 0.1) is 29.1 Å². The number of ether oxygens (including phenoxy) is 1. The molecule has 0 saturated heterocycles. The number of fused-ring (bicyclic) bond motifs is 3. The number of nitrogens with zero attached hydrogens (tertiary/aromatic N) is 2. The quantitative estimate of drug-likeness (QED) is 0.397. The molecule has 0 aliphatic rings. The van der Waals surface area contributed by atoms with Gasteiger partial charge in [0.15, 0.2) is 0 Å². The molecule has 138 valence electrons. The molecule has 0 atom stereocenters. The number of methoxy groups -OCH3 is 1. The lowest BCUT2D eigenvalue weighted by Gasteiger charge is -2.17. The Balaban J connectivity index is 2.26. The Morgan fingerprint density at radius 1 is 1.19 bits per heavy atom. The Labute approximate surface area is 154 Å². The monoisotopic (exact) mass is 380 g/mol. The first-order valence-electron chi connectivity index (χ1n) is 8.36. The van der Waals surface area contributed by atoms with Crippen molar-refractivity contribution in [3.05, 3.63) is 41.6 Å². The first-order valence-corrected chi connectivity index (χ1v) is 9.52. The van der Waals surface area contributed by atoms with Crippen molar-refractivity contribution in [3.8, 4) is 5.88 Å². The molecule has 0 aliphatic carbocycles. The number of alkyl halides is 3. The second kappa shape index (κ2) is 7.70. The summed E-state index contributed by atoms with van der Waals surface area (Å²) in [7, 11) is 1.33. The molecule has 0 amide bonds. The summed E-state index contributed by atoms with van der Waals surface area (Å²) in [6.07, 6.45) is -1.18. The molecule has 0 aliphatic heterocycles. The Hall–Kier alpha value is -2.02. The molecule has 2 aromatic heterocycles. The van der Waals surface area contributed by atoms with Crippen LogP contribution in [0.25, 0.3) is 21.8 Å². The van der Waals surface area contributed by atoms with Crippen LogP contribution in [0.4, 0.5) is 13.2 Å². The number of aromatic nitrogens is 2. The van der Waals surface area contributed by atoms with Crippen LogP contribution in [0, 0.1) is 0 Å². The summed E-state index contributed by atoms with van der Waals surface area (Å²) in [6.45, 7) is 2.06. The van der Waals surface area contributed by atoms with Crippen molar-refractivity contribution in [3.63, 3.8) is 0 Å². The molecular weight excluding hydrogens is 361 g/mol. The number of benzene rings is 1. The van der Waals surface area contributed by atoms with Crippen molar-refractivity contribution >= 4 is 33.6 Å². The van der Waals surface area contributed by atoms with Gasteiger partial charge in [-0.2, -0.15) is 24.9 Å². The molecule has 3 rings (SSSR count). The fourth-order valence-corrected chi connectivity index (χ4v) is 3.99. The lowest BCUT2D eigenvalue weighted by molar-refractivity contribution is -0.136. The Morgan fingerprint density at radius 3 is 2.65 bits per heavy atom. The fraction of sp³-hybridized carbons (Fsp3) is 0.368. The van der Waals surface area contributed by atoms with E-state index in [1.807, 2.05) is 0 Å². The molecule has 7 heteroatoms. The minimum Gasteiger partial charge on any atom is -0.480 e. The van der Waals surface area contributed by atoms with Gasteiger partial charge in [-0.15, -0.1) is 0 Å². The van der Waals surface area contributed by atoms with Gasteiger partial charge in [-0.25, -0.2) is 4.98 Å². The predicted octanol–water partition coefficient (Wildman–Crippen LogP) is 5.84. The van der Waals surface area contributed by atoms with Crippen LogP contribution in [0.3, 0.4) is 0 Å². The van der Waals surface area contributed by atoms with Gasteiger partial charge in [-0.3, -0.25) is 4.98 Å². The van der Waals surface area contributed by atoms with Gasteiger partial charge < -0.3 is 4.74 Å². The summed E-state index contributed by atoms with van der Waals surface area (Å²) in [5, 5.41) is 0.520. The third-order valence-corrected chi connectivity index (χ3v) is 5.22. The van der Waals surface area contributed by atoms with Crippen LogP contribution >= 0.6 is 11.8 Å². The minimum absolute atomic E-state index is 0.0427. The van der Waals surface area contributed by atoms with Crippen molar-refractivity contribution < 1.29 is 17.9 Å². The van der Waals surface area contributed by atoms with E-state index in [0.29, 0.717) is 10.9 Å². The number of hydrogen-bond donors (Lipinski definition) is 0. The normalized spacial score (nSPS) is 12.0. The van der Waals surface area contributed by atoms with Crippen molar-refractivity contribution in [1.29, 1.82) is 0 Å². The van der Waals surface area contributed by atoms with Gasteiger partial charge in [0.25, 0.3) is 0 Å². The standard InChI is InChI=1S/C19H19F3N2OS/c1-3-4-9-26-11-12-10-23-17-13-7-5-6-8-14(13)24-18(25-2)15(17)16(12)19(20,21)22/h5-8,10H,3-4,9,11H2,1-2H3. The van der Waals surface area contributed by atoms with Crippen LogP contribution in [0.1, 0.15) is 30.9 Å². The van der Waals surface area contributed by atoms with Crippen LogP contribution in [0.2, 0.25) is 0 Å². The lowest BCUT2D eigenvalue weighted by Crippen LogP contribution is -2.12. The van der Waals surface area contributed by atoms with E-state index in [1.165, 1.54) is 25.1 Å². The van der Waals surface area contributed by atoms with Crippen LogP contribution in [0.15, 0.2) is 30.5 Å². The van der Waals surface area contributed by atoms with Crippen LogP contribution < -0.4 is 4.74 Å². The zero-order valence-corrected chi connectivity index (χ0v) is 15.4. The van der Waals surface area contributed by atoms with Crippen LogP contribution in [0.5, 0.6) is 5.88 Å². The number of pyridine rings is 2. The Bertz CT molecular complexity index is 928. The van der Waals surface area contributed by atoms with E-state index < -0.39 is 11.7 Å². The van der Waals surface area contributed by atoms with Gasteiger partial charge in [0.2, 0.25) is 5.88 Å². The zero-order chi connectivity index (χ0) is 18.7. The lowest BCUT2D eigenvalue weighted by atomic mass is 10.0.